The molecule has 1 amide bonds. The van der Waals surface area contributed by atoms with Crippen molar-refractivity contribution in [2.24, 2.45) is 0 Å². The Labute approximate surface area is 178 Å². The van der Waals surface area contributed by atoms with Crippen molar-refractivity contribution in [2.45, 2.75) is 63.8 Å². The van der Waals surface area contributed by atoms with Gasteiger partial charge in [0.25, 0.3) is 0 Å². The number of aliphatic carboxylic acids is 1. The SMILES string of the molecule is CCCCCCCC[C@H](NC(=O)OCC1c2ccccc2-c2ccccc21)C(=O)O. The minimum Gasteiger partial charge on any atom is -0.480 e. The molecule has 0 bridgehead atoms. The van der Waals surface area contributed by atoms with Crippen LogP contribution >= 0.6 is 0 Å². The van der Waals surface area contributed by atoms with Crippen LogP contribution in [-0.2, 0) is 9.53 Å². The van der Waals surface area contributed by atoms with Crippen LogP contribution in [0.4, 0.5) is 4.79 Å². The van der Waals surface area contributed by atoms with Crippen LogP contribution in [0.2, 0.25) is 0 Å². The second-order valence-corrected chi connectivity index (χ2v) is 7.92. The Bertz CT molecular complexity index is 818. The van der Waals surface area contributed by atoms with Gasteiger partial charge in [-0.25, -0.2) is 9.59 Å². The summed E-state index contributed by atoms with van der Waals surface area (Å²) in [7, 11) is 0. The summed E-state index contributed by atoms with van der Waals surface area (Å²) in [5.41, 5.74) is 4.59. The Kier molecular flexibility index (Phi) is 7.89. The molecule has 0 saturated carbocycles. The van der Waals surface area contributed by atoms with Crippen molar-refractivity contribution in [2.75, 3.05) is 6.61 Å². The molecule has 0 fully saturated rings. The quantitative estimate of drug-likeness (QED) is 0.465. The highest BCUT2D eigenvalue weighted by atomic mass is 16.5. The Morgan fingerprint density at radius 2 is 1.50 bits per heavy atom. The highest BCUT2D eigenvalue weighted by Crippen LogP contribution is 2.44. The number of carbonyl (C=O) groups excluding carboxylic acids is 1. The van der Waals surface area contributed by atoms with E-state index in [-0.39, 0.29) is 12.5 Å². The topological polar surface area (TPSA) is 75.6 Å². The minimum atomic E-state index is -1.02. The summed E-state index contributed by atoms with van der Waals surface area (Å²) in [6, 6.07) is 15.3. The molecule has 0 aliphatic heterocycles. The standard InChI is InChI=1S/C25H31NO4/c1-2-3-4-5-6-7-16-23(24(27)28)26-25(29)30-17-22-20-14-10-8-12-18(20)19-13-9-11-15-21(19)22/h8-15,22-23H,2-7,16-17H2,1H3,(H,26,29)(H,27,28)/t23-/m0/s1. The van der Waals surface area contributed by atoms with Gasteiger partial charge >= 0.3 is 12.1 Å². The number of rotatable bonds is 11. The average molecular weight is 410 g/mol. The molecular formula is C25H31NO4. The number of carboxylic acids is 1. The van der Waals surface area contributed by atoms with Gasteiger partial charge in [0.2, 0.25) is 0 Å². The highest BCUT2D eigenvalue weighted by molar-refractivity contribution is 5.81. The maximum absolute atomic E-state index is 12.3. The van der Waals surface area contributed by atoms with E-state index in [1.165, 1.54) is 19.3 Å². The van der Waals surface area contributed by atoms with Crippen LogP contribution in [0.1, 0.15) is 68.9 Å². The third-order valence-electron chi connectivity index (χ3n) is 5.78. The van der Waals surface area contributed by atoms with E-state index in [0.717, 1.165) is 41.5 Å². The van der Waals surface area contributed by atoms with Gasteiger partial charge < -0.3 is 15.2 Å². The van der Waals surface area contributed by atoms with E-state index < -0.39 is 18.1 Å². The van der Waals surface area contributed by atoms with Gasteiger partial charge in [0.1, 0.15) is 12.6 Å². The zero-order valence-corrected chi connectivity index (χ0v) is 17.6. The lowest BCUT2D eigenvalue weighted by Gasteiger charge is -2.17. The molecule has 1 aliphatic rings. The zero-order valence-electron chi connectivity index (χ0n) is 17.6. The molecule has 2 aromatic carbocycles. The lowest BCUT2D eigenvalue weighted by molar-refractivity contribution is -0.139. The highest BCUT2D eigenvalue weighted by Gasteiger charge is 2.29. The van der Waals surface area contributed by atoms with Crippen molar-refractivity contribution in [3.8, 4) is 11.1 Å². The van der Waals surface area contributed by atoms with Crippen molar-refractivity contribution < 1.29 is 19.4 Å². The molecule has 1 aliphatic carbocycles. The van der Waals surface area contributed by atoms with Crippen molar-refractivity contribution in [3.63, 3.8) is 0 Å². The van der Waals surface area contributed by atoms with Gasteiger partial charge in [-0.1, -0.05) is 94.0 Å². The third-order valence-corrected chi connectivity index (χ3v) is 5.78. The van der Waals surface area contributed by atoms with E-state index in [0.29, 0.717) is 6.42 Å². The summed E-state index contributed by atoms with van der Waals surface area (Å²) in [6.45, 7) is 2.35. The lowest BCUT2D eigenvalue weighted by atomic mass is 9.98. The molecule has 30 heavy (non-hydrogen) atoms. The van der Waals surface area contributed by atoms with E-state index in [1.54, 1.807) is 0 Å². The molecule has 160 valence electrons. The smallest absolute Gasteiger partial charge is 0.407 e. The second-order valence-electron chi connectivity index (χ2n) is 7.92. The minimum absolute atomic E-state index is 0.0370. The number of hydrogen-bond donors (Lipinski definition) is 2. The van der Waals surface area contributed by atoms with Crippen LogP contribution in [0.5, 0.6) is 0 Å². The molecule has 5 heteroatoms. The van der Waals surface area contributed by atoms with Crippen LogP contribution in [0.25, 0.3) is 11.1 Å². The third kappa shape index (κ3) is 5.41. The first-order valence-electron chi connectivity index (χ1n) is 11.0. The number of carboxylic acid groups (broad SMARTS) is 1. The summed E-state index contributed by atoms with van der Waals surface area (Å²) in [6.07, 6.45) is 6.18. The van der Waals surface area contributed by atoms with Gasteiger partial charge in [0.05, 0.1) is 0 Å². The predicted octanol–water partition coefficient (Wildman–Crippen LogP) is 5.73. The molecule has 5 nitrogen and oxygen atoms in total. The van der Waals surface area contributed by atoms with Gasteiger partial charge in [-0.05, 0) is 28.7 Å². The maximum Gasteiger partial charge on any atom is 0.407 e. The molecular weight excluding hydrogens is 378 g/mol. The van der Waals surface area contributed by atoms with Crippen molar-refractivity contribution in [1.82, 2.24) is 5.32 Å². The maximum atomic E-state index is 12.3. The van der Waals surface area contributed by atoms with Gasteiger partial charge in [-0.2, -0.15) is 0 Å². The molecule has 0 spiro atoms. The van der Waals surface area contributed by atoms with E-state index in [9.17, 15) is 14.7 Å². The summed E-state index contributed by atoms with van der Waals surface area (Å²) in [5, 5.41) is 12.0. The lowest BCUT2D eigenvalue weighted by Crippen LogP contribution is -2.41. The number of alkyl carbamates (subject to hydrolysis) is 1. The molecule has 0 aromatic heterocycles. The fraction of sp³-hybridized carbons (Fsp3) is 0.440. The van der Waals surface area contributed by atoms with E-state index >= 15 is 0 Å². The van der Waals surface area contributed by atoms with Gasteiger partial charge in [0, 0.05) is 5.92 Å². The first-order valence-corrected chi connectivity index (χ1v) is 11.0. The Morgan fingerprint density at radius 3 is 2.10 bits per heavy atom. The Balaban J connectivity index is 1.53. The Morgan fingerprint density at radius 1 is 0.933 bits per heavy atom. The molecule has 3 rings (SSSR count). The summed E-state index contributed by atoms with van der Waals surface area (Å²) < 4.78 is 5.47. The monoisotopic (exact) mass is 409 g/mol. The zero-order chi connectivity index (χ0) is 21.3. The number of benzene rings is 2. The summed E-state index contributed by atoms with van der Waals surface area (Å²) in [5.74, 6) is -1.05. The van der Waals surface area contributed by atoms with Crippen LogP contribution in [0.15, 0.2) is 48.5 Å². The largest absolute Gasteiger partial charge is 0.480 e. The molecule has 0 heterocycles. The number of unbranched alkanes of at least 4 members (excludes halogenated alkanes) is 5. The fourth-order valence-electron chi connectivity index (χ4n) is 4.17. The van der Waals surface area contributed by atoms with Gasteiger partial charge in [-0.15, -0.1) is 0 Å². The fourth-order valence-corrected chi connectivity index (χ4v) is 4.17. The number of fused-ring (bicyclic) bond motifs is 3. The average Bonchev–Trinajstić information content (AvgIpc) is 3.07. The van der Waals surface area contributed by atoms with E-state index in [4.69, 9.17) is 4.74 Å². The van der Waals surface area contributed by atoms with Gasteiger partial charge in [-0.3, -0.25) is 0 Å². The molecule has 1 atom stereocenters. The molecule has 2 aromatic rings. The van der Waals surface area contributed by atoms with Crippen LogP contribution in [0.3, 0.4) is 0 Å². The van der Waals surface area contributed by atoms with Crippen molar-refractivity contribution in [3.05, 3.63) is 59.7 Å². The van der Waals surface area contributed by atoms with Crippen LogP contribution in [-0.4, -0.2) is 29.8 Å². The van der Waals surface area contributed by atoms with Gasteiger partial charge in [0.15, 0.2) is 0 Å². The van der Waals surface area contributed by atoms with Crippen molar-refractivity contribution >= 4 is 12.1 Å². The second kappa shape index (κ2) is 10.8. The molecule has 0 radical (unpaired) electrons. The van der Waals surface area contributed by atoms with Crippen LogP contribution in [0, 0.1) is 0 Å². The first kappa shape index (κ1) is 21.9. The number of amides is 1. The van der Waals surface area contributed by atoms with E-state index in [1.807, 2.05) is 24.3 Å². The molecule has 2 N–H and O–H groups in total. The number of nitrogens with one attached hydrogen (secondary N) is 1. The number of hydrogen-bond acceptors (Lipinski definition) is 3. The molecule has 0 unspecified atom stereocenters. The summed E-state index contributed by atoms with van der Waals surface area (Å²) in [4.78, 5) is 23.8. The molecule has 0 saturated heterocycles. The Hall–Kier alpha value is -2.82. The number of ether oxygens (including phenoxy) is 1. The van der Waals surface area contributed by atoms with Crippen LogP contribution < -0.4 is 5.32 Å². The predicted molar refractivity (Wildman–Crippen MR) is 118 cm³/mol. The normalized spacial score (nSPS) is 13.4. The summed E-state index contributed by atoms with van der Waals surface area (Å²) >= 11 is 0. The van der Waals surface area contributed by atoms with Crippen molar-refractivity contribution in [1.29, 1.82) is 0 Å². The first-order chi connectivity index (χ1) is 14.6. The number of carbonyl (C=O) groups is 2. The van der Waals surface area contributed by atoms with E-state index in [2.05, 4.69) is 36.5 Å².